The zero-order valence-electron chi connectivity index (χ0n) is 11.4. The fourth-order valence-electron chi connectivity index (χ4n) is 1.69. The highest BCUT2D eigenvalue weighted by atomic mass is 79.9. The molecule has 1 amide bonds. The first-order valence-corrected chi connectivity index (χ1v) is 7.15. The van der Waals surface area contributed by atoms with E-state index in [4.69, 9.17) is 0 Å². The van der Waals surface area contributed by atoms with Gasteiger partial charge in [0.2, 0.25) is 5.91 Å². The Balaban J connectivity index is 1.87. The van der Waals surface area contributed by atoms with Gasteiger partial charge in [0.15, 0.2) is 0 Å². The van der Waals surface area contributed by atoms with Crippen LogP contribution in [0, 0.1) is 10.1 Å². The van der Waals surface area contributed by atoms with Crippen LogP contribution in [0.2, 0.25) is 0 Å². The number of hydrazone groups is 1. The molecular formula is C15H12BrN3O3. The molecule has 2 aromatic rings. The number of carbonyl (C=O) groups is 1. The lowest BCUT2D eigenvalue weighted by Crippen LogP contribution is -2.19. The van der Waals surface area contributed by atoms with Gasteiger partial charge in [-0.25, -0.2) is 5.43 Å². The predicted molar refractivity (Wildman–Crippen MR) is 86.7 cm³/mol. The number of amides is 1. The SMILES string of the molecule is O=C(Cc1ccc([N+](=O)[O-])cc1)N/N=C/c1ccc(Br)cc1. The summed E-state index contributed by atoms with van der Waals surface area (Å²) in [7, 11) is 0. The standard InChI is InChI=1S/C15H12BrN3O3/c16-13-5-1-12(2-6-13)10-17-18-15(20)9-11-3-7-14(8-4-11)19(21)22/h1-8,10H,9H2,(H,18,20)/b17-10+. The fourth-order valence-corrected chi connectivity index (χ4v) is 1.95. The molecule has 0 aliphatic heterocycles. The van der Waals surface area contributed by atoms with Crippen LogP contribution in [0.3, 0.4) is 0 Å². The Morgan fingerprint density at radius 1 is 1.18 bits per heavy atom. The summed E-state index contributed by atoms with van der Waals surface area (Å²) in [5.41, 5.74) is 3.96. The molecule has 2 aromatic carbocycles. The maximum Gasteiger partial charge on any atom is 0.269 e. The Hall–Kier alpha value is -2.54. The molecule has 0 atom stereocenters. The number of carbonyl (C=O) groups excluding carboxylic acids is 1. The number of hydrogen-bond donors (Lipinski definition) is 1. The van der Waals surface area contributed by atoms with E-state index in [0.29, 0.717) is 5.56 Å². The summed E-state index contributed by atoms with van der Waals surface area (Å²) < 4.78 is 0.965. The second kappa shape index (κ2) is 7.46. The summed E-state index contributed by atoms with van der Waals surface area (Å²) in [4.78, 5) is 21.8. The highest BCUT2D eigenvalue weighted by molar-refractivity contribution is 9.10. The van der Waals surface area contributed by atoms with Crippen molar-refractivity contribution in [3.63, 3.8) is 0 Å². The van der Waals surface area contributed by atoms with Gasteiger partial charge in [0, 0.05) is 16.6 Å². The molecule has 0 spiro atoms. The molecule has 0 unspecified atom stereocenters. The zero-order chi connectivity index (χ0) is 15.9. The molecule has 0 aromatic heterocycles. The average molecular weight is 362 g/mol. The van der Waals surface area contributed by atoms with Crippen LogP contribution in [0.25, 0.3) is 0 Å². The van der Waals surface area contributed by atoms with Gasteiger partial charge in [-0.05, 0) is 23.3 Å². The zero-order valence-corrected chi connectivity index (χ0v) is 13.0. The Kier molecular flexibility index (Phi) is 5.37. The monoisotopic (exact) mass is 361 g/mol. The first-order chi connectivity index (χ1) is 10.5. The van der Waals surface area contributed by atoms with E-state index in [1.807, 2.05) is 24.3 Å². The third-order valence-corrected chi connectivity index (χ3v) is 3.31. The first-order valence-electron chi connectivity index (χ1n) is 6.35. The number of nitrogens with zero attached hydrogens (tertiary/aromatic N) is 2. The Labute approximate surface area is 135 Å². The van der Waals surface area contributed by atoms with Gasteiger partial charge < -0.3 is 0 Å². The Bertz CT molecular complexity index is 697. The van der Waals surface area contributed by atoms with Gasteiger partial charge in [-0.1, -0.05) is 40.2 Å². The smallest absolute Gasteiger partial charge is 0.269 e. The molecule has 0 aliphatic rings. The predicted octanol–water partition coefficient (Wildman–Crippen LogP) is 3.05. The van der Waals surface area contributed by atoms with Crippen LogP contribution in [0.15, 0.2) is 58.1 Å². The van der Waals surface area contributed by atoms with Crippen molar-refractivity contribution in [1.29, 1.82) is 0 Å². The van der Waals surface area contributed by atoms with Crippen molar-refractivity contribution in [2.45, 2.75) is 6.42 Å². The maximum atomic E-state index is 11.7. The largest absolute Gasteiger partial charge is 0.273 e. The minimum Gasteiger partial charge on any atom is -0.273 e. The third-order valence-electron chi connectivity index (χ3n) is 2.78. The molecule has 2 rings (SSSR count). The molecular weight excluding hydrogens is 350 g/mol. The van der Waals surface area contributed by atoms with Crippen molar-refractivity contribution in [2.24, 2.45) is 5.10 Å². The summed E-state index contributed by atoms with van der Waals surface area (Å²) >= 11 is 3.33. The number of nitro benzene ring substituents is 1. The van der Waals surface area contributed by atoms with Gasteiger partial charge in [-0.2, -0.15) is 5.10 Å². The summed E-state index contributed by atoms with van der Waals surface area (Å²) in [5.74, 6) is -0.290. The molecule has 0 heterocycles. The maximum absolute atomic E-state index is 11.7. The number of benzene rings is 2. The minimum atomic E-state index is -0.480. The molecule has 0 saturated carbocycles. The molecule has 22 heavy (non-hydrogen) atoms. The van der Waals surface area contributed by atoms with Gasteiger partial charge in [-0.3, -0.25) is 14.9 Å². The van der Waals surface area contributed by atoms with Crippen molar-refractivity contribution >= 4 is 33.7 Å². The molecule has 112 valence electrons. The molecule has 0 bridgehead atoms. The van der Waals surface area contributed by atoms with Gasteiger partial charge in [-0.15, -0.1) is 0 Å². The van der Waals surface area contributed by atoms with Gasteiger partial charge in [0.25, 0.3) is 5.69 Å². The highest BCUT2D eigenvalue weighted by Gasteiger charge is 2.06. The van der Waals surface area contributed by atoms with Crippen LogP contribution in [0.5, 0.6) is 0 Å². The van der Waals surface area contributed by atoms with Crippen LogP contribution < -0.4 is 5.43 Å². The van der Waals surface area contributed by atoms with E-state index < -0.39 is 4.92 Å². The van der Waals surface area contributed by atoms with Gasteiger partial charge in [0.05, 0.1) is 17.6 Å². The normalized spacial score (nSPS) is 10.6. The topological polar surface area (TPSA) is 84.6 Å². The summed E-state index contributed by atoms with van der Waals surface area (Å²) in [5, 5.41) is 14.4. The third kappa shape index (κ3) is 4.78. The van der Waals surface area contributed by atoms with E-state index in [1.54, 1.807) is 18.3 Å². The molecule has 6 nitrogen and oxygen atoms in total. The van der Waals surface area contributed by atoms with Crippen LogP contribution in [0.4, 0.5) is 5.69 Å². The van der Waals surface area contributed by atoms with Crippen molar-refractivity contribution in [1.82, 2.24) is 5.43 Å². The van der Waals surface area contributed by atoms with E-state index in [-0.39, 0.29) is 18.0 Å². The molecule has 0 radical (unpaired) electrons. The van der Waals surface area contributed by atoms with E-state index in [1.165, 1.54) is 12.1 Å². The Morgan fingerprint density at radius 2 is 1.82 bits per heavy atom. The molecule has 0 fully saturated rings. The van der Waals surface area contributed by atoms with Crippen LogP contribution in [0.1, 0.15) is 11.1 Å². The highest BCUT2D eigenvalue weighted by Crippen LogP contribution is 2.12. The van der Waals surface area contributed by atoms with Gasteiger partial charge in [0.1, 0.15) is 0 Å². The molecule has 7 heteroatoms. The van der Waals surface area contributed by atoms with Crippen LogP contribution in [-0.2, 0) is 11.2 Å². The summed E-state index contributed by atoms with van der Waals surface area (Å²) in [6, 6.07) is 13.3. The number of non-ortho nitro benzene ring substituents is 1. The number of rotatable bonds is 5. The van der Waals surface area contributed by atoms with Crippen molar-refractivity contribution in [2.75, 3.05) is 0 Å². The van der Waals surface area contributed by atoms with Crippen molar-refractivity contribution in [3.8, 4) is 0 Å². The minimum absolute atomic E-state index is 0.00239. The number of nitro groups is 1. The fraction of sp³-hybridized carbons (Fsp3) is 0.0667. The second-order valence-electron chi connectivity index (χ2n) is 4.45. The van der Waals surface area contributed by atoms with Crippen molar-refractivity contribution in [3.05, 3.63) is 74.2 Å². The van der Waals surface area contributed by atoms with E-state index in [9.17, 15) is 14.9 Å². The average Bonchev–Trinajstić information content (AvgIpc) is 2.50. The van der Waals surface area contributed by atoms with Crippen molar-refractivity contribution < 1.29 is 9.72 Å². The quantitative estimate of drug-likeness (QED) is 0.504. The summed E-state index contributed by atoms with van der Waals surface area (Å²) in [6.45, 7) is 0. The molecule has 1 N–H and O–H groups in total. The second-order valence-corrected chi connectivity index (χ2v) is 5.36. The molecule has 0 aliphatic carbocycles. The number of nitrogens with one attached hydrogen (secondary N) is 1. The lowest BCUT2D eigenvalue weighted by molar-refractivity contribution is -0.384. The van der Waals surface area contributed by atoms with Crippen LogP contribution >= 0.6 is 15.9 Å². The lowest BCUT2D eigenvalue weighted by Gasteiger charge is -2.00. The summed E-state index contributed by atoms with van der Waals surface area (Å²) in [6.07, 6.45) is 1.65. The van der Waals surface area contributed by atoms with E-state index in [2.05, 4.69) is 26.5 Å². The van der Waals surface area contributed by atoms with E-state index >= 15 is 0 Å². The molecule has 0 saturated heterocycles. The number of hydrogen-bond acceptors (Lipinski definition) is 4. The van der Waals surface area contributed by atoms with E-state index in [0.717, 1.165) is 10.0 Å². The lowest BCUT2D eigenvalue weighted by atomic mass is 10.1. The Morgan fingerprint density at radius 3 is 2.41 bits per heavy atom. The van der Waals surface area contributed by atoms with Crippen LogP contribution in [-0.4, -0.2) is 17.0 Å². The van der Waals surface area contributed by atoms with Gasteiger partial charge >= 0.3 is 0 Å². The first kappa shape index (κ1) is 15.8. The number of halogens is 1.